The van der Waals surface area contributed by atoms with Gasteiger partial charge in [-0.3, -0.25) is 4.98 Å². The zero-order valence-corrected chi connectivity index (χ0v) is 17.1. The van der Waals surface area contributed by atoms with Gasteiger partial charge in [-0.05, 0) is 36.9 Å². The van der Waals surface area contributed by atoms with Crippen LogP contribution in [0.3, 0.4) is 0 Å². The summed E-state index contributed by atoms with van der Waals surface area (Å²) in [5, 5.41) is 3.10. The molecule has 7 nitrogen and oxygen atoms in total. The summed E-state index contributed by atoms with van der Waals surface area (Å²) in [7, 11) is 0. The summed E-state index contributed by atoms with van der Waals surface area (Å²) in [4.78, 5) is 27.5. The van der Waals surface area contributed by atoms with E-state index in [9.17, 15) is 4.79 Å². The van der Waals surface area contributed by atoms with Crippen molar-refractivity contribution in [2.75, 3.05) is 57.3 Å². The molecule has 1 aromatic heterocycles. The summed E-state index contributed by atoms with van der Waals surface area (Å²) in [6.45, 7) is 8.98. The molecule has 2 aliphatic heterocycles. The summed E-state index contributed by atoms with van der Waals surface area (Å²) in [6, 6.07) is 8.73. The first kappa shape index (κ1) is 19.6. The molecule has 3 heterocycles. The van der Waals surface area contributed by atoms with Crippen LogP contribution in [-0.2, 0) is 0 Å². The number of carbonyl (C=O) groups is 1. The Morgan fingerprint density at radius 2 is 1.97 bits per heavy atom. The molecule has 2 saturated heterocycles. The van der Waals surface area contributed by atoms with Crippen molar-refractivity contribution in [1.29, 1.82) is 0 Å². The van der Waals surface area contributed by atoms with Crippen LogP contribution in [-0.4, -0.2) is 78.2 Å². The molecule has 0 saturated carbocycles. The molecule has 0 radical (unpaired) electrons. The number of carbonyl (C=O) groups excluding carboxylic acids is 1. The van der Waals surface area contributed by atoms with Crippen molar-refractivity contribution in [2.24, 2.45) is 0 Å². The Morgan fingerprint density at radius 3 is 2.72 bits per heavy atom. The van der Waals surface area contributed by atoms with Crippen molar-refractivity contribution in [3.63, 3.8) is 0 Å². The molecule has 2 aromatic rings. The lowest BCUT2D eigenvalue weighted by molar-refractivity contribution is 0.192. The molecule has 0 bridgehead atoms. The van der Waals surface area contributed by atoms with E-state index in [0.29, 0.717) is 25.6 Å². The summed E-state index contributed by atoms with van der Waals surface area (Å²) in [5.41, 5.74) is 2.85. The fourth-order valence-electron chi connectivity index (χ4n) is 4.36. The van der Waals surface area contributed by atoms with E-state index in [1.807, 2.05) is 4.90 Å². The number of aryl methyl sites for hydroxylation is 1. The van der Waals surface area contributed by atoms with E-state index in [1.165, 1.54) is 17.5 Å². The van der Waals surface area contributed by atoms with Crippen LogP contribution in [0, 0.1) is 6.92 Å². The summed E-state index contributed by atoms with van der Waals surface area (Å²) in [5.74, 6) is 1.49. The fraction of sp³-hybridized carbons (Fsp3) is 0.500. The van der Waals surface area contributed by atoms with Gasteiger partial charge in [0.2, 0.25) is 0 Å². The number of rotatable bonds is 5. The maximum absolute atomic E-state index is 12.5. The van der Waals surface area contributed by atoms with Crippen LogP contribution in [0.2, 0.25) is 0 Å². The molecule has 2 amide bonds. The molecule has 2 fully saturated rings. The number of benzene rings is 1. The molecule has 1 atom stereocenters. The van der Waals surface area contributed by atoms with Gasteiger partial charge in [0.25, 0.3) is 0 Å². The first-order chi connectivity index (χ1) is 14.2. The number of aromatic nitrogens is 2. The molecular formula is C22H30N6O. The standard InChI is InChI=1S/C22H30N6O/c1-18-4-2-3-5-20(18)19-6-10-26(17-19)11-9-25-22(29)28-14-12-27(13-15-28)21-16-23-7-8-24-21/h2-5,7-8,16,19H,6,9-15,17H2,1H3,(H,25,29). The first-order valence-corrected chi connectivity index (χ1v) is 10.5. The highest BCUT2D eigenvalue weighted by molar-refractivity contribution is 5.74. The van der Waals surface area contributed by atoms with Gasteiger partial charge in [-0.25, -0.2) is 9.78 Å². The predicted molar refractivity (Wildman–Crippen MR) is 114 cm³/mol. The van der Waals surface area contributed by atoms with Crippen LogP contribution in [0.4, 0.5) is 10.6 Å². The van der Waals surface area contributed by atoms with Crippen molar-refractivity contribution >= 4 is 11.8 Å². The Labute approximate surface area is 172 Å². The molecule has 4 rings (SSSR count). The molecule has 0 spiro atoms. The third kappa shape index (κ3) is 4.85. The average molecular weight is 395 g/mol. The third-order valence-electron chi connectivity index (χ3n) is 6.05. The van der Waals surface area contributed by atoms with Crippen molar-refractivity contribution in [1.82, 2.24) is 25.1 Å². The molecule has 154 valence electrons. The first-order valence-electron chi connectivity index (χ1n) is 10.5. The van der Waals surface area contributed by atoms with Crippen LogP contribution < -0.4 is 10.2 Å². The van der Waals surface area contributed by atoms with Gasteiger partial charge in [0.05, 0.1) is 6.20 Å². The summed E-state index contributed by atoms with van der Waals surface area (Å²) >= 11 is 0. The third-order valence-corrected chi connectivity index (χ3v) is 6.05. The molecule has 7 heteroatoms. The number of nitrogens with one attached hydrogen (secondary N) is 1. The Kier molecular flexibility index (Phi) is 6.24. The van der Waals surface area contributed by atoms with Gasteiger partial charge in [0.1, 0.15) is 5.82 Å². The topological polar surface area (TPSA) is 64.6 Å². The minimum atomic E-state index is 0.0402. The quantitative estimate of drug-likeness (QED) is 0.841. The number of hydrogen-bond acceptors (Lipinski definition) is 5. The molecule has 2 aliphatic rings. The van der Waals surface area contributed by atoms with E-state index in [-0.39, 0.29) is 6.03 Å². The van der Waals surface area contributed by atoms with E-state index in [1.54, 1.807) is 18.6 Å². The van der Waals surface area contributed by atoms with Crippen LogP contribution in [0.1, 0.15) is 23.5 Å². The highest BCUT2D eigenvalue weighted by Crippen LogP contribution is 2.28. The number of urea groups is 1. The zero-order valence-electron chi connectivity index (χ0n) is 17.1. The minimum Gasteiger partial charge on any atom is -0.352 e. The van der Waals surface area contributed by atoms with Gasteiger partial charge in [0, 0.05) is 58.2 Å². The SMILES string of the molecule is Cc1ccccc1C1CCN(CCNC(=O)N2CCN(c3cnccn3)CC2)C1. The van der Waals surface area contributed by atoms with Crippen molar-refractivity contribution in [3.8, 4) is 0 Å². The lowest BCUT2D eigenvalue weighted by atomic mass is 9.94. The number of anilines is 1. The fourth-order valence-corrected chi connectivity index (χ4v) is 4.36. The van der Waals surface area contributed by atoms with Crippen LogP contribution in [0.25, 0.3) is 0 Å². The van der Waals surface area contributed by atoms with Crippen LogP contribution >= 0.6 is 0 Å². The molecule has 29 heavy (non-hydrogen) atoms. The van der Waals surface area contributed by atoms with Gasteiger partial charge in [-0.1, -0.05) is 24.3 Å². The summed E-state index contributed by atoms with van der Waals surface area (Å²) in [6.07, 6.45) is 6.35. The van der Waals surface area contributed by atoms with Crippen LogP contribution in [0.5, 0.6) is 0 Å². The van der Waals surface area contributed by atoms with Gasteiger partial charge < -0.3 is 20.0 Å². The molecular weight excluding hydrogens is 364 g/mol. The van der Waals surface area contributed by atoms with E-state index in [2.05, 4.69) is 56.3 Å². The van der Waals surface area contributed by atoms with Gasteiger partial charge in [-0.15, -0.1) is 0 Å². The number of likely N-dealkylation sites (tertiary alicyclic amines) is 1. The van der Waals surface area contributed by atoms with Crippen LogP contribution in [0.15, 0.2) is 42.9 Å². The maximum atomic E-state index is 12.5. The molecule has 1 aromatic carbocycles. The second kappa shape index (κ2) is 9.22. The van der Waals surface area contributed by atoms with E-state index in [0.717, 1.165) is 38.5 Å². The number of piperazine rings is 1. The average Bonchev–Trinajstić information content (AvgIpc) is 3.23. The predicted octanol–water partition coefficient (Wildman–Crippen LogP) is 2.11. The Hall–Kier alpha value is -2.67. The van der Waals surface area contributed by atoms with E-state index >= 15 is 0 Å². The van der Waals surface area contributed by atoms with Gasteiger partial charge >= 0.3 is 6.03 Å². The lowest BCUT2D eigenvalue weighted by Crippen LogP contribution is -2.52. The largest absolute Gasteiger partial charge is 0.352 e. The number of amides is 2. The normalized spacial score (nSPS) is 20.1. The van der Waals surface area contributed by atoms with Gasteiger partial charge in [-0.2, -0.15) is 0 Å². The molecule has 1 unspecified atom stereocenters. The molecule has 1 N–H and O–H groups in total. The highest BCUT2D eigenvalue weighted by Gasteiger charge is 2.25. The second-order valence-corrected chi connectivity index (χ2v) is 7.91. The zero-order chi connectivity index (χ0) is 20.1. The van der Waals surface area contributed by atoms with E-state index in [4.69, 9.17) is 0 Å². The molecule has 0 aliphatic carbocycles. The maximum Gasteiger partial charge on any atom is 0.317 e. The Balaban J connectivity index is 1.17. The summed E-state index contributed by atoms with van der Waals surface area (Å²) < 4.78 is 0. The van der Waals surface area contributed by atoms with Gasteiger partial charge in [0.15, 0.2) is 0 Å². The highest BCUT2D eigenvalue weighted by atomic mass is 16.2. The Bertz CT molecular complexity index is 806. The van der Waals surface area contributed by atoms with E-state index < -0.39 is 0 Å². The number of nitrogens with zero attached hydrogens (tertiary/aromatic N) is 5. The second-order valence-electron chi connectivity index (χ2n) is 7.91. The number of hydrogen-bond donors (Lipinski definition) is 1. The van der Waals surface area contributed by atoms with Crippen molar-refractivity contribution < 1.29 is 4.79 Å². The monoisotopic (exact) mass is 394 g/mol. The minimum absolute atomic E-state index is 0.0402. The van der Waals surface area contributed by atoms with Crippen molar-refractivity contribution in [2.45, 2.75) is 19.3 Å². The smallest absolute Gasteiger partial charge is 0.317 e. The Morgan fingerprint density at radius 1 is 1.14 bits per heavy atom. The van der Waals surface area contributed by atoms with Crippen molar-refractivity contribution in [3.05, 3.63) is 54.0 Å². The lowest BCUT2D eigenvalue weighted by Gasteiger charge is -2.35.